The number of quaternary nitrogens is 1. The smallest absolute Gasteiger partial charge is 0.472 e. The third-order valence-corrected chi connectivity index (χ3v) is 9.56. The summed E-state index contributed by atoms with van der Waals surface area (Å²) in [5, 5.41) is 0. The van der Waals surface area contributed by atoms with Gasteiger partial charge in [-0.15, -0.1) is 0 Å². The van der Waals surface area contributed by atoms with Crippen molar-refractivity contribution in [3.63, 3.8) is 0 Å². The van der Waals surface area contributed by atoms with E-state index in [0.29, 0.717) is 17.4 Å². The molecule has 0 saturated heterocycles. The molecule has 0 fully saturated rings. The van der Waals surface area contributed by atoms with E-state index >= 15 is 0 Å². The Hall–Kier alpha value is -1.18. The van der Waals surface area contributed by atoms with Gasteiger partial charge < -0.3 is 18.9 Å². The molecule has 290 valence electrons. The van der Waals surface area contributed by atoms with Crippen molar-refractivity contribution < 1.29 is 37.3 Å². The molecule has 2 atom stereocenters. The van der Waals surface area contributed by atoms with Crippen molar-refractivity contribution in [3.8, 4) is 0 Å². The van der Waals surface area contributed by atoms with Crippen LogP contribution in [0.4, 0.5) is 0 Å². The molecule has 0 aromatic rings. The fraction of sp³-hybridized carbons (Fsp3) is 0.875. The molecule has 0 saturated carbocycles. The van der Waals surface area contributed by atoms with Crippen LogP contribution in [0.3, 0.4) is 0 Å². The largest absolute Gasteiger partial charge is 0.498 e. The van der Waals surface area contributed by atoms with E-state index < -0.39 is 13.9 Å². The number of allylic oxidation sites excluding steroid dienone is 3. The van der Waals surface area contributed by atoms with E-state index in [9.17, 15) is 14.3 Å². The molecule has 1 N–H and O–H groups in total. The first kappa shape index (κ1) is 47.8. The van der Waals surface area contributed by atoms with Gasteiger partial charge in [0.25, 0.3) is 0 Å². The Morgan fingerprint density at radius 2 is 1.08 bits per heavy atom. The molecule has 0 bridgehead atoms. The minimum Gasteiger partial charge on any atom is -0.498 e. The molecule has 0 spiro atoms. The lowest BCUT2D eigenvalue weighted by Gasteiger charge is -2.24. The van der Waals surface area contributed by atoms with E-state index in [1.807, 2.05) is 27.2 Å². The van der Waals surface area contributed by atoms with Gasteiger partial charge in [-0.1, -0.05) is 135 Å². The van der Waals surface area contributed by atoms with Gasteiger partial charge in [-0.2, -0.15) is 0 Å². The van der Waals surface area contributed by atoms with Crippen LogP contribution in [0.1, 0.15) is 174 Å². The van der Waals surface area contributed by atoms with Crippen LogP contribution in [0.2, 0.25) is 0 Å². The number of esters is 1. The Kier molecular flexibility index (Phi) is 33.1. The highest BCUT2D eigenvalue weighted by Gasteiger charge is 2.26. The van der Waals surface area contributed by atoms with Gasteiger partial charge in [-0.3, -0.25) is 13.8 Å². The van der Waals surface area contributed by atoms with Crippen LogP contribution < -0.4 is 0 Å². The molecule has 8 nitrogen and oxygen atoms in total. The number of ether oxygens (including phenoxy) is 2. The number of carbonyl (C=O) groups is 1. The number of unbranched alkanes of at least 4 members (excludes halogenated alkanes) is 21. The number of phosphoric ester groups is 1. The fourth-order valence-electron chi connectivity index (χ4n) is 5.39. The van der Waals surface area contributed by atoms with Gasteiger partial charge in [0.2, 0.25) is 0 Å². The molecule has 0 aromatic heterocycles. The van der Waals surface area contributed by atoms with E-state index in [4.69, 9.17) is 18.5 Å². The maximum Gasteiger partial charge on any atom is 0.472 e. The first-order chi connectivity index (χ1) is 23.6. The van der Waals surface area contributed by atoms with Gasteiger partial charge >= 0.3 is 13.8 Å². The highest BCUT2D eigenvalue weighted by molar-refractivity contribution is 7.47. The van der Waals surface area contributed by atoms with Crippen molar-refractivity contribution in [3.05, 3.63) is 24.5 Å². The van der Waals surface area contributed by atoms with E-state index in [0.717, 1.165) is 38.5 Å². The first-order valence-corrected chi connectivity index (χ1v) is 21.6. The molecule has 0 amide bonds. The van der Waals surface area contributed by atoms with Gasteiger partial charge in [-0.05, 0) is 51.0 Å². The zero-order valence-corrected chi connectivity index (χ0v) is 33.6. The predicted octanol–water partition coefficient (Wildman–Crippen LogP) is 11.6. The van der Waals surface area contributed by atoms with Crippen molar-refractivity contribution in [2.45, 2.75) is 180 Å². The Morgan fingerprint density at radius 1 is 0.633 bits per heavy atom. The van der Waals surface area contributed by atoms with Crippen LogP contribution in [0, 0.1) is 0 Å². The van der Waals surface area contributed by atoms with Gasteiger partial charge in [0, 0.05) is 6.42 Å². The zero-order valence-electron chi connectivity index (χ0n) is 32.7. The molecule has 0 aliphatic carbocycles. The summed E-state index contributed by atoms with van der Waals surface area (Å²) in [5.41, 5.74) is 0. The molecule has 0 aliphatic heterocycles. The number of rotatable bonds is 37. The quantitative estimate of drug-likeness (QED) is 0.0171. The minimum absolute atomic E-state index is 0.0461. The molecular weight excluding hydrogens is 637 g/mol. The van der Waals surface area contributed by atoms with Crippen LogP contribution in [-0.4, -0.2) is 69.0 Å². The van der Waals surface area contributed by atoms with Crippen molar-refractivity contribution in [2.75, 3.05) is 47.5 Å². The van der Waals surface area contributed by atoms with Crippen molar-refractivity contribution in [2.24, 2.45) is 0 Å². The number of carbonyl (C=O) groups excluding carboxylic acids is 1. The second kappa shape index (κ2) is 33.9. The summed E-state index contributed by atoms with van der Waals surface area (Å²) in [4.78, 5) is 22.7. The van der Waals surface area contributed by atoms with Gasteiger partial charge in [0.1, 0.15) is 19.8 Å². The topological polar surface area (TPSA) is 91.3 Å². The van der Waals surface area contributed by atoms with Crippen molar-refractivity contribution >= 4 is 13.8 Å². The summed E-state index contributed by atoms with van der Waals surface area (Å²) in [6.07, 6.45) is 37.3. The third kappa shape index (κ3) is 37.9. The van der Waals surface area contributed by atoms with Crippen LogP contribution >= 0.6 is 7.82 Å². The Labute approximate surface area is 303 Å². The lowest BCUT2D eigenvalue weighted by Crippen LogP contribution is -2.37. The first-order valence-electron chi connectivity index (χ1n) is 20.1. The standard InChI is InChI=1S/C40H78NO7P/c1-6-8-10-12-14-16-18-19-20-21-22-24-26-28-30-32-35-45-37-39(38-47-49(43,44)46-36-34-41(3,4)5)48-40(42)33-31-29-27-25-23-17-15-13-11-9-7-2/h19-20,32,35,39H,6-18,21-31,33-34,36-38H2,1-5H3/p+1/b20-19-,35-32-. The minimum atomic E-state index is -4.28. The summed E-state index contributed by atoms with van der Waals surface area (Å²) in [5.74, 6) is -0.340. The zero-order chi connectivity index (χ0) is 36.3. The summed E-state index contributed by atoms with van der Waals surface area (Å²) < 4.78 is 34.6. The van der Waals surface area contributed by atoms with E-state index in [2.05, 4.69) is 26.0 Å². The van der Waals surface area contributed by atoms with E-state index in [1.54, 1.807) is 6.26 Å². The number of phosphoric acid groups is 1. The van der Waals surface area contributed by atoms with Crippen LogP contribution in [-0.2, 0) is 27.9 Å². The van der Waals surface area contributed by atoms with Gasteiger partial charge in [0.05, 0.1) is 34.0 Å². The number of hydrogen-bond donors (Lipinski definition) is 1. The molecule has 2 unspecified atom stereocenters. The Morgan fingerprint density at radius 3 is 1.57 bits per heavy atom. The molecule has 0 heterocycles. The average molecular weight is 717 g/mol. The van der Waals surface area contributed by atoms with Crippen LogP contribution in [0.25, 0.3) is 0 Å². The second-order valence-corrected chi connectivity index (χ2v) is 16.2. The highest BCUT2D eigenvalue weighted by atomic mass is 31.2. The number of likely N-dealkylation sites (N-methyl/N-ethyl adjacent to an activating group) is 1. The molecule has 9 heteroatoms. The Bertz CT molecular complexity index is 843. The second-order valence-electron chi connectivity index (χ2n) is 14.7. The van der Waals surface area contributed by atoms with Crippen molar-refractivity contribution in [1.82, 2.24) is 0 Å². The van der Waals surface area contributed by atoms with E-state index in [1.165, 1.54) is 116 Å². The highest BCUT2D eigenvalue weighted by Crippen LogP contribution is 2.43. The average Bonchev–Trinajstić information content (AvgIpc) is 3.04. The monoisotopic (exact) mass is 717 g/mol. The molecule has 0 radical (unpaired) electrons. The molecule has 0 aromatic carbocycles. The SMILES string of the molecule is CCCCCCCC/C=C\CCCCCC/C=C\OCC(COP(=O)(O)OCC[N+](C)(C)C)OC(=O)CCCCCCCCCCCCC. The number of nitrogens with zero attached hydrogens (tertiary/aromatic N) is 1. The molecule has 49 heavy (non-hydrogen) atoms. The molecule has 0 rings (SSSR count). The predicted molar refractivity (Wildman–Crippen MR) is 206 cm³/mol. The van der Waals surface area contributed by atoms with E-state index in [-0.39, 0.29) is 25.8 Å². The number of hydrogen-bond acceptors (Lipinski definition) is 6. The molecule has 0 aliphatic rings. The fourth-order valence-corrected chi connectivity index (χ4v) is 6.14. The summed E-state index contributed by atoms with van der Waals surface area (Å²) in [6, 6.07) is 0. The van der Waals surface area contributed by atoms with Gasteiger partial charge in [0.15, 0.2) is 6.10 Å². The third-order valence-electron chi connectivity index (χ3n) is 8.58. The summed E-state index contributed by atoms with van der Waals surface area (Å²) in [7, 11) is 1.63. The van der Waals surface area contributed by atoms with Crippen molar-refractivity contribution in [1.29, 1.82) is 0 Å². The Balaban J connectivity index is 4.33. The van der Waals surface area contributed by atoms with Crippen LogP contribution in [0.5, 0.6) is 0 Å². The normalized spacial score (nSPS) is 14.1. The lowest BCUT2D eigenvalue weighted by atomic mass is 10.1. The molecular formula is C40H79NO7P+. The lowest BCUT2D eigenvalue weighted by molar-refractivity contribution is -0.870. The maximum atomic E-state index is 12.6. The van der Waals surface area contributed by atoms with Crippen LogP contribution in [0.15, 0.2) is 24.5 Å². The summed E-state index contributed by atoms with van der Waals surface area (Å²) in [6.45, 7) is 4.91. The van der Waals surface area contributed by atoms with Gasteiger partial charge in [-0.25, -0.2) is 4.57 Å². The summed E-state index contributed by atoms with van der Waals surface area (Å²) >= 11 is 0. The maximum absolute atomic E-state index is 12.6.